The van der Waals surface area contributed by atoms with Gasteiger partial charge >= 0.3 is 0 Å². The van der Waals surface area contributed by atoms with Gasteiger partial charge < -0.3 is 10.2 Å². The van der Waals surface area contributed by atoms with Gasteiger partial charge in [0, 0.05) is 25.4 Å². The Bertz CT molecular complexity index is 773. The zero-order valence-corrected chi connectivity index (χ0v) is 14.5. The molecule has 25 heavy (non-hydrogen) atoms. The van der Waals surface area contributed by atoms with Gasteiger partial charge in [-0.2, -0.15) is 4.31 Å². The van der Waals surface area contributed by atoms with Crippen LogP contribution in [0.2, 0.25) is 0 Å². The molecule has 0 bridgehead atoms. The lowest BCUT2D eigenvalue weighted by Gasteiger charge is -2.30. The van der Waals surface area contributed by atoms with Gasteiger partial charge in [0.25, 0.3) is 0 Å². The van der Waals surface area contributed by atoms with E-state index in [-0.39, 0.29) is 29.8 Å². The molecular weight excluding hydrogens is 349 g/mol. The van der Waals surface area contributed by atoms with Gasteiger partial charge in [0.1, 0.15) is 17.3 Å². The van der Waals surface area contributed by atoms with Crippen molar-refractivity contribution in [3.05, 3.63) is 30.1 Å². The lowest BCUT2D eigenvalue weighted by atomic mass is 9.97. The molecule has 9 heteroatoms. The number of rotatable bonds is 5. The Kier molecular flexibility index (Phi) is 5.33. The Morgan fingerprint density at radius 1 is 1.32 bits per heavy atom. The summed E-state index contributed by atoms with van der Waals surface area (Å²) in [5, 5.41) is 6.63. The highest BCUT2D eigenvalue weighted by atomic mass is 32.2. The molecule has 1 N–H and O–H groups in total. The molecule has 0 saturated carbocycles. The standard InChI is InChI=1S/C16H20FN3O4S/c17-14-3-1-2-4-15(14)25(22,23)20-8-5-12(6-9-20)16(21)18-11-13-7-10-24-19-13/h1-4,12H,5-11H2,(H,18,21). The van der Waals surface area contributed by atoms with Crippen LogP contribution in [0.5, 0.6) is 0 Å². The molecule has 7 nitrogen and oxygen atoms in total. The fraction of sp³-hybridized carbons (Fsp3) is 0.500. The van der Waals surface area contributed by atoms with Crippen LogP contribution in [0, 0.1) is 11.7 Å². The Morgan fingerprint density at radius 3 is 2.68 bits per heavy atom. The van der Waals surface area contributed by atoms with Crippen LogP contribution >= 0.6 is 0 Å². The summed E-state index contributed by atoms with van der Waals surface area (Å²) >= 11 is 0. The molecule has 1 amide bonds. The number of benzene rings is 1. The number of nitrogens with zero attached hydrogens (tertiary/aromatic N) is 2. The summed E-state index contributed by atoms with van der Waals surface area (Å²) in [5.74, 6) is -1.13. The molecule has 0 radical (unpaired) electrons. The number of carbonyl (C=O) groups excluding carboxylic acids is 1. The number of hydrogen-bond acceptors (Lipinski definition) is 5. The molecule has 136 valence electrons. The second-order valence-corrected chi connectivity index (χ2v) is 7.97. The Hall–Kier alpha value is -2.00. The molecule has 1 saturated heterocycles. The number of piperidine rings is 1. The lowest BCUT2D eigenvalue weighted by Crippen LogP contribution is -2.43. The molecule has 1 aromatic rings. The second kappa shape index (κ2) is 7.49. The maximum Gasteiger partial charge on any atom is 0.245 e. The van der Waals surface area contributed by atoms with E-state index in [1.54, 1.807) is 0 Å². The van der Waals surface area contributed by atoms with Crippen LogP contribution in [0.1, 0.15) is 19.3 Å². The van der Waals surface area contributed by atoms with Crippen molar-refractivity contribution in [1.82, 2.24) is 9.62 Å². The number of oxime groups is 1. The molecule has 0 aliphatic carbocycles. The summed E-state index contributed by atoms with van der Waals surface area (Å²) in [7, 11) is -3.88. The molecule has 0 spiro atoms. The number of sulfonamides is 1. The first-order chi connectivity index (χ1) is 12.0. The van der Waals surface area contributed by atoms with Gasteiger partial charge in [0.05, 0.1) is 12.3 Å². The molecular formula is C16H20FN3O4S. The minimum atomic E-state index is -3.88. The van der Waals surface area contributed by atoms with E-state index in [0.29, 0.717) is 32.4 Å². The molecule has 0 unspecified atom stereocenters. The summed E-state index contributed by atoms with van der Waals surface area (Å²) < 4.78 is 40.1. The van der Waals surface area contributed by atoms with E-state index >= 15 is 0 Å². The first-order valence-corrected chi connectivity index (χ1v) is 9.62. The maximum absolute atomic E-state index is 13.8. The van der Waals surface area contributed by atoms with Gasteiger partial charge in [0.2, 0.25) is 15.9 Å². The monoisotopic (exact) mass is 369 g/mol. The minimum absolute atomic E-state index is 0.113. The summed E-state index contributed by atoms with van der Waals surface area (Å²) in [5.41, 5.74) is 0.799. The smallest absolute Gasteiger partial charge is 0.245 e. The number of hydrogen-bond donors (Lipinski definition) is 1. The van der Waals surface area contributed by atoms with Crippen molar-refractivity contribution in [1.29, 1.82) is 0 Å². The SMILES string of the molecule is O=C(NCC1=NOCC1)C1CCN(S(=O)(=O)c2ccccc2F)CC1. The van der Waals surface area contributed by atoms with E-state index in [4.69, 9.17) is 4.84 Å². The fourth-order valence-corrected chi connectivity index (χ4v) is 4.49. The van der Waals surface area contributed by atoms with Crippen LogP contribution in [0.15, 0.2) is 34.3 Å². The van der Waals surface area contributed by atoms with Gasteiger partial charge in [-0.25, -0.2) is 12.8 Å². The van der Waals surface area contributed by atoms with Gasteiger partial charge in [-0.1, -0.05) is 17.3 Å². The third-order valence-corrected chi connectivity index (χ3v) is 6.35. The number of amides is 1. The molecule has 3 rings (SSSR count). The highest BCUT2D eigenvalue weighted by Gasteiger charge is 2.33. The molecule has 1 aromatic carbocycles. The Morgan fingerprint density at radius 2 is 2.04 bits per heavy atom. The number of halogens is 1. The molecule has 0 aromatic heterocycles. The molecule has 2 heterocycles. The van der Waals surface area contributed by atoms with Crippen molar-refractivity contribution in [3.63, 3.8) is 0 Å². The summed E-state index contributed by atoms with van der Waals surface area (Å²) in [6.45, 7) is 1.28. The number of carbonyl (C=O) groups is 1. The normalized spacial score (nSPS) is 19.3. The highest BCUT2D eigenvalue weighted by Crippen LogP contribution is 2.25. The van der Waals surface area contributed by atoms with Gasteiger partial charge in [-0.3, -0.25) is 4.79 Å². The van der Waals surface area contributed by atoms with E-state index in [0.717, 1.165) is 11.8 Å². The Labute approximate surface area is 145 Å². The van der Waals surface area contributed by atoms with Crippen LogP contribution in [0.4, 0.5) is 4.39 Å². The fourth-order valence-electron chi connectivity index (χ4n) is 2.95. The zero-order valence-electron chi connectivity index (χ0n) is 13.7. The zero-order chi connectivity index (χ0) is 17.9. The van der Waals surface area contributed by atoms with E-state index in [2.05, 4.69) is 10.5 Å². The Balaban J connectivity index is 1.56. The van der Waals surface area contributed by atoms with Crippen molar-refractivity contribution in [2.24, 2.45) is 11.1 Å². The van der Waals surface area contributed by atoms with Crippen LogP contribution in [0.3, 0.4) is 0 Å². The quantitative estimate of drug-likeness (QED) is 0.842. The first-order valence-electron chi connectivity index (χ1n) is 8.18. The average Bonchev–Trinajstić information content (AvgIpc) is 3.13. The van der Waals surface area contributed by atoms with Crippen LogP contribution in [0.25, 0.3) is 0 Å². The van der Waals surface area contributed by atoms with Crippen LogP contribution < -0.4 is 5.32 Å². The largest absolute Gasteiger partial charge is 0.395 e. The van der Waals surface area contributed by atoms with Crippen molar-refractivity contribution < 1.29 is 22.4 Å². The van der Waals surface area contributed by atoms with Crippen LogP contribution in [-0.2, 0) is 19.7 Å². The van der Waals surface area contributed by atoms with E-state index in [9.17, 15) is 17.6 Å². The van der Waals surface area contributed by atoms with Crippen LogP contribution in [-0.4, -0.2) is 50.6 Å². The lowest BCUT2D eigenvalue weighted by molar-refractivity contribution is -0.125. The maximum atomic E-state index is 13.8. The minimum Gasteiger partial charge on any atom is -0.395 e. The molecule has 1 fully saturated rings. The van der Waals surface area contributed by atoms with Crippen molar-refractivity contribution >= 4 is 21.6 Å². The summed E-state index contributed by atoms with van der Waals surface area (Å²) in [6, 6.07) is 5.33. The topological polar surface area (TPSA) is 88.1 Å². The highest BCUT2D eigenvalue weighted by molar-refractivity contribution is 7.89. The van der Waals surface area contributed by atoms with E-state index < -0.39 is 15.8 Å². The third-order valence-electron chi connectivity index (χ3n) is 4.42. The van der Waals surface area contributed by atoms with Gasteiger partial charge in [-0.05, 0) is 25.0 Å². The van der Waals surface area contributed by atoms with Gasteiger partial charge in [0.15, 0.2) is 0 Å². The number of nitrogens with one attached hydrogen (secondary N) is 1. The second-order valence-electron chi connectivity index (χ2n) is 6.07. The van der Waals surface area contributed by atoms with Crippen molar-refractivity contribution in [2.75, 3.05) is 26.2 Å². The van der Waals surface area contributed by atoms with Gasteiger partial charge in [-0.15, -0.1) is 0 Å². The predicted octanol–water partition coefficient (Wildman–Crippen LogP) is 1.12. The van der Waals surface area contributed by atoms with E-state index in [1.807, 2.05) is 0 Å². The molecule has 2 aliphatic rings. The predicted molar refractivity (Wildman–Crippen MR) is 88.9 cm³/mol. The van der Waals surface area contributed by atoms with Crippen molar-refractivity contribution in [3.8, 4) is 0 Å². The average molecular weight is 369 g/mol. The summed E-state index contributed by atoms with van der Waals surface area (Å²) in [4.78, 5) is 16.7. The summed E-state index contributed by atoms with van der Waals surface area (Å²) in [6.07, 6.45) is 1.52. The first kappa shape index (κ1) is 17.8. The van der Waals surface area contributed by atoms with E-state index in [1.165, 1.54) is 22.5 Å². The third kappa shape index (κ3) is 3.98. The molecule has 0 atom stereocenters. The molecule has 2 aliphatic heterocycles. The van der Waals surface area contributed by atoms with Crippen molar-refractivity contribution in [2.45, 2.75) is 24.2 Å².